The van der Waals surface area contributed by atoms with E-state index in [-0.39, 0.29) is 0 Å². The van der Waals surface area contributed by atoms with Crippen molar-refractivity contribution in [3.05, 3.63) is 27.8 Å². The number of anilines is 1. The number of ether oxygens (including phenoxy) is 1. The number of amides is 3. The molecule has 7 nitrogen and oxygen atoms in total. The Morgan fingerprint density at radius 2 is 1.90 bits per heavy atom. The number of primary amides is 1. The van der Waals surface area contributed by atoms with Gasteiger partial charge in [-0.25, -0.2) is 9.59 Å². The summed E-state index contributed by atoms with van der Waals surface area (Å²) in [5.41, 5.74) is 5.47. The SMILES string of the molecule is C[C@H](NC(N)=O)C(=O)OCC(=O)Nc1ccc(I)cc1. The van der Waals surface area contributed by atoms with E-state index in [1.807, 2.05) is 12.1 Å². The maximum absolute atomic E-state index is 11.5. The summed E-state index contributed by atoms with van der Waals surface area (Å²) in [5, 5.41) is 4.73. The van der Waals surface area contributed by atoms with Crippen LogP contribution in [0.2, 0.25) is 0 Å². The summed E-state index contributed by atoms with van der Waals surface area (Å²) in [6, 6.07) is 5.40. The maximum Gasteiger partial charge on any atom is 0.328 e. The van der Waals surface area contributed by atoms with Crippen LogP contribution in [0.1, 0.15) is 6.92 Å². The highest BCUT2D eigenvalue weighted by molar-refractivity contribution is 14.1. The molecule has 1 rings (SSSR count). The predicted octanol–water partition coefficient (Wildman–Crippen LogP) is 0.830. The van der Waals surface area contributed by atoms with Gasteiger partial charge in [0, 0.05) is 9.26 Å². The van der Waals surface area contributed by atoms with Crippen LogP contribution < -0.4 is 16.4 Å². The predicted molar refractivity (Wildman–Crippen MR) is 80.9 cm³/mol. The van der Waals surface area contributed by atoms with Crippen molar-refractivity contribution in [3.63, 3.8) is 0 Å². The second-order valence-electron chi connectivity index (χ2n) is 3.89. The number of benzene rings is 1. The summed E-state index contributed by atoms with van der Waals surface area (Å²) in [6.45, 7) is 0.972. The molecule has 0 heterocycles. The highest BCUT2D eigenvalue weighted by atomic mass is 127. The number of rotatable bonds is 5. The molecule has 8 heteroatoms. The van der Waals surface area contributed by atoms with E-state index in [0.29, 0.717) is 5.69 Å². The number of hydrogen-bond donors (Lipinski definition) is 3. The van der Waals surface area contributed by atoms with Crippen LogP contribution in [0, 0.1) is 3.57 Å². The molecule has 0 unspecified atom stereocenters. The lowest BCUT2D eigenvalue weighted by molar-refractivity contribution is -0.148. The first kappa shape index (κ1) is 16.2. The average Bonchev–Trinajstić information content (AvgIpc) is 2.38. The Bertz CT molecular complexity index is 504. The van der Waals surface area contributed by atoms with Crippen LogP contribution in [-0.2, 0) is 14.3 Å². The van der Waals surface area contributed by atoms with Crippen LogP contribution in [0.5, 0.6) is 0 Å². The monoisotopic (exact) mass is 391 g/mol. The van der Waals surface area contributed by atoms with Gasteiger partial charge < -0.3 is 21.1 Å². The number of halogens is 1. The first-order chi connectivity index (χ1) is 9.38. The van der Waals surface area contributed by atoms with Gasteiger partial charge >= 0.3 is 12.0 Å². The summed E-state index contributed by atoms with van der Waals surface area (Å²) in [4.78, 5) is 33.5. The minimum atomic E-state index is -0.904. The fraction of sp³-hybridized carbons (Fsp3) is 0.250. The second-order valence-corrected chi connectivity index (χ2v) is 5.14. The summed E-state index contributed by atoms with van der Waals surface area (Å²) in [5.74, 6) is -1.20. The van der Waals surface area contributed by atoms with E-state index in [1.165, 1.54) is 6.92 Å². The van der Waals surface area contributed by atoms with Crippen molar-refractivity contribution >= 4 is 46.2 Å². The van der Waals surface area contributed by atoms with Gasteiger partial charge in [0.05, 0.1) is 0 Å². The normalized spacial score (nSPS) is 11.3. The number of nitrogens with two attached hydrogens (primary N) is 1. The topological polar surface area (TPSA) is 111 Å². The number of esters is 1. The minimum Gasteiger partial charge on any atom is -0.454 e. The van der Waals surface area contributed by atoms with Crippen LogP contribution in [0.3, 0.4) is 0 Å². The molecule has 0 bridgehead atoms. The lowest BCUT2D eigenvalue weighted by atomic mass is 10.3. The second kappa shape index (κ2) is 7.68. The molecule has 1 atom stereocenters. The third-order valence-electron chi connectivity index (χ3n) is 2.19. The summed E-state index contributed by atoms with van der Waals surface area (Å²) < 4.78 is 5.78. The zero-order chi connectivity index (χ0) is 15.1. The molecule has 3 amide bonds. The standard InChI is InChI=1S/C12H14IN3O4/c1-7(15-12(14)19)11(18)20-6-10(17)16-9-4-2-8(13)3-5-9/h2-5,7H,6H2,1H3,(H,16,17)(H3,14,15,19)/t7-/m0/s1. The average molecular weight is 391 g/mol. The van der Waals surface area contributed by atoms with E-state index in [4.69, 9.17) is 10.5 Å². The largest absolute Gasteiger partial charge is 0.454 e. The Morgan fingerprint density at radius 1 is 1.30 bits per heavy atom. The zero-order valence-corrected chi connectivity index (χ0v) is 12.8. The fourth-order valence-corrected chi connectivity index (χ4v) is 1.62. The number of carbonyl (C=O) groups excluding carboxylic acids is 3. The fourth-order valence-electron chi connectivity index (χ4n) is 1.26. The zero-order valence-electron chi connectivity index (χ0n) is 10.7. The Balaban J connectivity index is 2.38. The molecule has 108 valence electrons. The lowest BCUT2D eigenvalue weighted by Crippen LogP contribution is -2.43. The van der Waals surface area contributed by atoms with Gasteiger partial charge in [0.25, 0.3) is 5.91 Å². The molecule has 1 aromatic carbocycles. The van der Waals surface area contributed by atoms with Gasteiger partial charge in [0.1, 0.15) is 6.04 Å². The van der Waals surface area contributed by atoms with E-state index in [1.54, 1.807) is 12.1 Å². The van der Waals surface area contributed by atoms with Crippen LogP contribution in [0.25, 0.3) is 0 Å². The van der Waals surface area contributed by atoms with E-state index in [0.717, 1.165) is 3.57 Å². The van der Waals surface area contributed by atoms with Gasteiger partial charge in [0.15, 0.2) is 6.61 Å². The van der Waals surface area contributed by atoms with Gasteiger partial charge in [-0.05, 0) is 53.8 Å². The third kappa shape index (κ3) is 5.87. The Labute approximate surface area is 129 Å². The molecule has 0 spiro atoms. The number of carbonyl (C=O) groups is 3. The van der Waals surface area contributed by atoms with Crippen LogP contribution in [0.15, 0.2) is 24.3 Å². The van der Waals surface area contributed by atoms with Gasteiger partial charge in [-0.2, -0.15) is 0 Å². The van der Waals surface area contributed by atoms with Gasteiger partial charge in [0.2, 0.25) is 0 Å². The highest BCUT2D eigenvalue weighted by Crippen LogP contribution is 2.10. The van der Waals surface area contributed by atoms with E-state index in [9.17, 15) is 14.4 Å². The number of urea groups is 1. The van der Waals surface area contributed by atoms with E-state index in [2.05, 4.69) is 33.2 Å². The van der Waals surface area contributed by atoms with E-state index < -0.39 is 30.6 Å². The maximum atomic E-state index is 11.5. The molecular formula is C12H14IN3O4. The van der Waals surface area contributed by atoms with Crippen LogP contribution >= 0.6 is 22.6 Å². The van der Waals surface area contributed by atoms with Gasteiger partial charge in [-0.3, -0.25) is 4.79 Å². The van der Waals surface area contributed by atoms with E-state index >= 15 is 0 Å². The first-order valence-corrected chi connectivity index (χ1v) is 6.74. The molecule has 20 heavy (non-hydrogen) atoms. The molecule has 0 aromatic heterocycles. The summed E-state index contributed by atoms with van der Waals surface area (Å²) in [6.07, 6.45) is 0. The minimum absolute atomic E-state index is 0.435. The molecule has 0 saturated heterocycles. The van der Waals surface area contributed by atoms with Crippen molar-refractivity contribution in [2.45, 2.75) is 13.0 Å². The van der Waals surface area contributed by atoms with Crippen molar-refractivity contribution in [2.75, 3.05) is 11.9 Å². The van der Waals surface area contributed by atoms with Gasteiger partial charge in [-0.1, -0.05) is 0 Å². The lowest BCUT2D eigenvalue weighted by Gasteiger charge is -2.11. The first-order valence-electron chi connectivity index (χ1n) is 5.66. The van der Waals surface area contributed by atoms with Crippen LogP contribution in [0.4, 0.5) is 10.5 Å². The summed E-state index contributed by atoms with van der Waals surface area (Å²) >= 11 is 2.15. The molecule has 0 aliphatic rings. The Morgan fingerprint density at radius 3 is 2.45 bits per heavy atom. The smallest absolute Gasteiger partial charge is 0.328 e. The molecule has 1 aromatic rings. The molecule has 0 fully saturated rings. The molecule has 0 aliphatic carbocycles. The van der Waals surface area contributed by atoms with Crippen molar-refractivity contribution in [2.24, 2.45) is 5.73 Å². The number of nitrogens with one attached hydrogen (secondary N) is 2. The molecule has 0 aliphatic heterocycles. The number of hydrogen-bond acceptors (Lipinski definition) is 4. The van der Waals surface area contributed by atoms with Crippen molar-refractivity contribution < 1.29 is 19.1 Å². The molecular weight excluding hydrogens is 377 g/mol. The van der Waals surface area contributed by atoms with Crippen molar-refractivity contribution in [1.29, 1.82) is 0 Å². The molecule has 4 N–H and O–H groups in total. The van der Waals surface area contributed by atoms with Gasteiger partial charge in [-0.15, -0.1) is 0 Å². The Kier molecular flexibility index (Phi) is 6.22. The highest BCUT2D eigenvalue weighted by Gasteiger charge is 2.16. The van der Waals surface area contributed by atoms with Crippen molar-refractivity contribution in [3.8, 4) is 0 Å². The molecule has 0 saturated carbocycles. The Hall–Kier alpha value is -1.84. The third-order valence-corrected chi connectivity index (χ3v) is 2.90. The summed E-state index contributed by atoms with van der Waals surface area (Å²) in [7, 11) is 0. The molecule has 0 radical (unpaired) electrons. The van der Waals surface area contributed by atoms with Crippen molar-refractivity contribution in [1.82, 2.24) is 5.32 Å². The van der Waals surface area contributed by atoms with Crippen LogP contribution in [-0.4, -0.2) is 30.6 Å². The quantitative estimate of drug-likeness (QED) is 0.510.